The van der Waals surface area contributed by atoms with Crippen LogP contribution in [-0.2, 0) is 41.6 Å². The van der Waals surface area contributed by atoms with Crippen molar-refractivity contribution in [3.8, 4) is 0 Å². The molecule has 0 aromatic carbocycles. The summed E-state index contributed by atoms with van der Waals surface area (Å²) in [5.41, 5.74) is 2.72. The molecule has 0 atom stereocenters. The molecule has 0 unspecified atom stereocenters. The molecule has 9 heteroatoms. The zero-order valence-electron chi connectivity index (χ0n) is 19.9. The molecule has 0 amide bonds. The SMILES string of the molecule is CC1C2=CC[C](=C2OCCO[Si](C)(C)C)[Zr+2][C]2=C(OCCO[Si](C)(C)C)C1=CC2.[Cl-].[Cl-]. The van der Waals surface area contributed by atoms with Crippen LogP contribution in [0.4, 0.5) is 0 Å². The molecule has 31 heavy (non-hydrogen) atoms. The van der Waals surface area contributed by atoms with E-state index in [9.17, 15) is 0 Å². The standard InChI is InChI=1S/C22H36O4Si2.2ClH.Zr/c1-18(19-10-8-12-21(19)23-14-16-25-27(2,3)4)20-11-9-13-22(20)24-15-17-26-28(5,6)7;;;/h10-11,18H,8-9,14-17H2,1-7H3;2*1H;/q;;;+2/p-2. The third-order valence-electron chi connectivity index (χ3n) is 5.09. The Kier molecular flexibility index (Phi) is 11.6. The third-order valence-corrected chi connectivity index (χ3v) is 10.8. The molecule has 2 aliphatic carbocycles. The maximum Gasteiger partial charge on any atom is -1.00 e. The van der Waals surface area contributed by atoms with Crippen molar-refractivity contribution in [2.75, 3.05) is 26.4 Å². The van der Waals surface area contributed by atoms with Gasteiger partial charge in [0, 0.05) is 0 Å². The number of allylic oxidation sites excluding steroid dienone is 6. The maximum absolute atomic E-state index is 6.31. The summed E-state index contributed by atoms with van der Waals surface area (Å²) in [5, 5.41) is 0. The maximum atomic E-state index is 6.31. The van der Waals surface area contributed by atoms with E-state index in [0.717, 1.165) is 12.8 Å². The van der Waals surface area contributed by atoms with Gasteiger partial charge >= 0.3 is 191 Å². The average molecular weight is 583 g/mol. The smallest absolute Gasteiger partial charge is 1.00 e. The number of halogens is 2. The summed E-state index contributed by atoms with van der Waals surface area (Å²) in [7, 11) is -2.97. The van der Waals surface area contributed by atoms with Crippen molar-refractivity contribution in [1.29, 1.82) is 0 Å². The van der Waals surface area contributed by atoms with E-state index in [2.05, 4.69) is 58.4 Å². The fourth-order valence-electron chi connectivity index (χ4n) is 3.78. The Bertz CT molecular complexity index is 702. The fourth-order valence-corrected chi connectivity index (χ4v) is 8.69. The second-order valence-electron chi connectivity index (χ2n) is 9.81. The molecule has 0 aromatic heterocycles. The molecule has 1 heterocycles. The molecule has 0 fully saturated rings. The first kappa shape index (κ1) is 29.4. The monoisotopic (exact) mass is 580 g/mol. The largest absolute Gasteiger partial charge is 1.00 e. The van der Waals surface area contributed by atoms with E-state index in [1.54, 1.807) is 6.56 Å². The minimum absolute atomic E-state index is 0. The fraction of sp³-hybridized carbons (Fsp3) is 0.636. The molecule has 0 aromatic rings. The van der Waals surface area contributed by atoms with Gasteiger partial charge in [0.2, 0.25) is 0 Å². The second-order valence-corrected chi connectivity index (χ2v) is 22.4. The van der Waals surface area contributed by atoms with Crippen molar-refractivity contribution in [3.05, 3.63) is 41.4 Å². The van der Waals surface area contributed by atoms with Gasteiger partial charge in [0.25, 0.3) is 0 Å². The van der Waals surface area contributed by atoms with Crippen molar-refractivity contribution >= 4 is 16.6 Å². The first-order chi connectivity index (χ1) is 13.6. The molecule has 4 nitrogen and oxygen atoms in total. The van der Waals surface area contributed by atoms with Gasteiger partial charge < -0.3 is 24.8 Å². The molecule has 174 valence electrons. The van der Waals surface area contributed by atoms with Gasteiger partial charge in [-0.25, -0.2) is 0 Å². The van der Waals surface area contributed by atoms with E-state index in [1.165, 1.54) is 22.7 Å². The van der Waals surface area contributed by atoms with Crippen LogP contribution in [0.2, 0.25) is 39.3 Å². The summed E-state index contributed by atoms with van der Waals surface area (Å²) in [4.78, 5) is 0. The van der Waals surface area contributed by atoms with Crippen LogP contribution >= 0.6 is 0 Å². The quantitative estimate of drug-likeness (QED) is 0.258. The van der Waals surface area contributed by atoms with Gasteiger partial charge in [0.05, 0.1) is 0 Å². The summed E-state index contributed by atoms with van der Waals surface area (Å²) < 4.78 is 27.7. The molecule has 3 rings (SSSR count). The molecular formula is C22H36Cl2O4Si2Zr. The van der Waals surface area contributed by atoms with Gasteiger partial charge in [-0.3, -0.25) is 0 Å². The van der Waals surface area contributed by atoms with Crippen molar-refractivity contribution in [2.45, 2.75) is 59.0 Å². The van der Waals surface area contributed by atoms with Crippen molar-refractivity contribution in [3.63, 3.8) is 0 Å². The Morgan fingerprint density at radius 1 is 0.742 bits per heavy atom. The van der Waals surface area contributed by atoms with E-state index < -0.39 is 39.9 Å². The van der Waals surface area contributed by atoms with Gasteiger partial charge in [0.1, 0.15) is 0 Å². The zero-order chi connectivity index (χ0) is 21.2. The molecule has 0 saturated carbocycles. The topological polar surface area (TPSA) is 36.9 Å². The van der Waals surface area contributed by atoms with Crippen LogP contribution in [0.25, 0.3) is 0 Å². The van der Waals surface area contributed by atoms with E-state index in [1.807, 2.05) is 0 Å². The van der Waals surface area contributed by atoms with Gasteiger partial charge in [-0.05, 0) is 0 Å². The number of ether oxygens (including phenoxy) is 2. The number of fused-ring (bicyclic) bond motifs is 2. The van der Waals surface area contributed by atoms with Crippen molar-refractivity contribution in [1.82, 2.24) is 0 Å². The van der Waals surface area contributed by atoms with Crippen LogP contribution in [0.1, 0.15) is 19.8 Å². The number of hydrogen-bond acceptors (Lipinski definition) is 4. The molecule has 1 aliphatic heterocycles. The Labute approximate surface area is 214 Å². The Morgan fingerprint density at radius 3 is 1.48 bits per heavy atom. The molecule has 3 aliphatic rings. The van der Waals surface area contributed by atoms with Crippen LogP contribution in [0, 0.1) is 5.92 Å². The summed E-state index contributed by atoms with van der Waals surface area (Å²) in [5.74, 6) is 2.70. The third kappa shape index (κ3) is 8.27. The summed E-state index contributed by atoms with van der Waals surface area (Å²) >= 11 is -0.869. The second kappa shape index (κ2) is 12.2. The summed E-state index contributed by atoms with van der Waals surface area (Å²) in [6.45, 7) is 18.3. The van der Waals surface area contributed by atoms with Crippen LogP contribution in [0.3, 0.4) is 0 Å². The van der Waals surface area contributed by atoms with E-state index >= 15 is 0 Å². The molecule has 4 bridgehead atoms. The average Bonchev–Trinajstić information content (AvgIpc) is 3.19. The zero-order valence-corrected chi connectivity index (χ0v) is 25.8. The Balaban J connectivity index is 0.00000240. The van der Waals surface area contributed by atoms with Crippen LogP contribution < -0.4 is 24.8 Å². The molecule has 0 saturated heterocycles. The van der Waals surface area contributed by atoms with Gasteiger partial charge in [-0.1, -0.05) is 0 Å². The summed E-state index contributed by atoms with van der Waals surface area (Å²) in [6, 6.07) is 0. The molecule has 0 N–H and O–H groups in total. The Hall–Kier alpha value is 0.377. The van der Waals surface area contributed by atoms with Crippen LogP contribution in [-0.4, -0.2) is 43.1 Å². The Morgan fingerprint density at radius 2 is 1.13 bits per heavy atom. The number of hydrogen-bond donors (Lipinski definition) is 0. The minimum atomic E-state index is -1.48. The van der Waals surface area contributed by atoms with E-state index in [0.29, 0.717) is 32.3 Å². The van der Waals surface area contributed by atoms with Crippen molar-refractivity contribution in [2.24, 2.45) is 5.92 Å². The van der Waals surface area contributed by atoms with Crippen molar-refractivity contribution < 1.29 is 66.4 Å². The normalized spacial score (nSPS) is 18.2. The predicted octanol–water partition coefficient (Wildman–Crippen LogP) is -0.454. The van der Waals surface area contributed by atoms with E-state index in [-0.39, 0.29) is 24.8 Å². The van der Waals surface area contributed by atoms with Gasteiger partial charge in [-0.2, -0.15) is 0 Å². The van der Waals surface area contributed by atoms with Crippen LogP contribution in [0.15, 0.2) is 41.4 Å². The molecule has 0 spiro atoms. The van der Waals surface area contributed by atoms with Crippen LogP contribution in [0.5, 0.6) is 0 Å². The molecule has 0 radical (unpaired) electrons. The predicted molar refractivity (Wildman–Crippen MR) is 119 cm³/mol. The minimum Gasteiger partial charge on any atom is -1.00 e. The summed E-state index contributed by atoms with van der Waals surface area (Å²) in [6.07, 6.45) is 6.92. The first-order valence-electron chi connectivity index (χ1n) is 10.7. The number of rotatable bonds is 10. The molecular weight excluding hydrogens is 547 g/mol. The van der Waals surface area contributed by atoms with E-state index in [4.69, 9.17) is 18.3 Å². The first-order valence-corrected chi connectivity index (χ1v) is 20.0. The van der Waals surface area contributed by atoms with Gasteiger partial charge in [0.15, 0.2) is 0 Å². The van der Waals surface area contributed by atoms with Gasteiger partial charge in [-0.15, -0.1) is 0 Å².